The lowest BCUT2D eigenvalue weighted by Gasteiger charge is -2.50. The molecule has 2 aliphatic heterocycles. The topological polar surface area (TPSA) is 132 Å². The van der Waals surface area contributed by atoms with Crippen molar-refractivity contribution in [1.29, 1.82) is 0 Å². The highest BCUT2D eigenvalue weighted by atomic mass is 35.5. The summed E-state index contributed by atoms with van der Waals surface area (Å²) in [4.78, 5) is 64.3. The number of pyridine rings is 1. The van der Waals surface area contributed by atoms with Gasteiger partial charge in [-0.15, -0.1) is 0 Å². The zero-order valence-electron chi connectivity index (χ0n) is 31.6. The summed E-state index contributed by atoms with van der Waals surface area (Å²) in [6.07, 6.45) is -2.17. The van der Waals surface area contributed by atoms with E-state index in [1.807, 2.05) is 36.4 Å². The van der Waals surface area contributed by atoms with Crippen molar-refractivity contribution >= 4 is 69.7 Å². The van der Waals surface area contributed by atoms with Crippen LogP contribution in [0.25, 0.3) is 0 Å². The number of nitrogens with one attached hydrogen (secondary N) is 2. The lowest BCUT2D eigenvalue weighted by atomic mass is 9.49. The van der Waals surface area contributed by atoms with E-state index in [1.54, 1.807) is 67.6 Å². The molecule has 0 bridgehead atoms. The van der Waals surface area contributed by atoms with Gasteiger partial charge in [-0.3, -0.25) is 29.5 Å². The fourth-order valence-corrected chi connectivity index (χ4v) is 9.99. The molecule has 4 amide bonds. The SMILES string of the molecule is Cc1cc([C@H]2C3=CC[C@@H]4C(=O)N(c5ccc(Nc6ccccc6)cc5)C(=O)[C@@H]4[C@@H]3C[C@H]3C(=O)N(Nc4ncc(C(F)(F)F)cc4Cl)C(=O)[C@@]23c2ccc(Cl)cc2)ccc1O. The van der Waals surface area contributed by atoms with Gasteiger partial charge in [-0.25, -0.2) is 4.98 Å². The van der Waals surface area contributed by atoms with Gasteiger partial charge in [0.25, 0.3) is 11.8 Å². The second kappa shape index (κ2) is 14.5. The number of imide groups is 2. The molecule has 6 atom stereocenters. The third-order valence-electron chi connectivity index (χ3n) is 12.3. The Hall–Kier alpha value is -6.18. The minimum absolute atomic E-state index is 0.00164. The normalized spacial score (nSPS) is 24.8. The summed E-state index contributed by atoms with van der Waals surface area (Å²) >= 11 is 12.7. The maximum Gasteiger partial charge on any atom is 0.417 e. The van der Waals surface area contributed by atoms with Gasteiger partial charge in [0, 0.05) is 28.5 Å². The number of nitrogens with zero attached hydrogens (tertiary/aromatic N) is 3. The lowest BCUT2D eigenvalue weighted by Crippen LogP contribution is -2.53. The summed E-state index contributed by atoms with van der Waals surface area (Å²) in [5.74, 6) is -7.09. The first-order chi connectivity index (χ1) is 28.7. The number of allylic oxidation sites excluding steroid dienone is 2. The first-order valence-electron chi connectivity index (χ1n) is 19.1. The van der Waals surface area contributed by atoms with Gasteiger partial charge in [0.2, 0.25) is 11.8 Å². The molecule has 2 saturated heterocycles. The predicted octanol–water partition coefficient (Wildman–Crippen LogP) is 9.35. The lowest BCUT2D eigenvalue weighted by molar-refractivity contribution is -0.139. The maximum absolute atomic E-state index is 15.4. The van der Waals surface area contributed by atoms with Gasteiger partial charge in [0.15, 0.2) is 5.82 Å². The van der Waals surface area contributed by atoms with Crippen LogP contribution >= 0.6 is 23.2 Å². The summed E-state index contributed by atoms with van der Waals surface area (Å²) in [7, 11) is 0. The number of aromatic hydroxyl groups is 1. The van der Waals surface area contributed by atoms with Gasteiger partial charge < -0.3 is 10.4 Å². The Morgan fingerprint density at radius 3 is 2.20 bits per heavy atom. The highest BCUT2D eigenvalue weighted by Crippen LogP contribution is 2.64. The maximum atomic E-state index is 15.4. The van der Waals surface area contributed by atoms with Gasteiger partial charge in [0.05, 0.1) is 39.4 Å². The molecule has 0 spiro atoms. The fraction of sp³-hybridized carbons (Fsp3) is 0.222. The number of fused-ring (bicyclic) bond motifs is 4. The van der Waals surface area contributed by atoms with Crippen molar-refractivity contribution in [3.63, 3.8) is 0 Å². The number of para-hydroxylation sites is 1. The highest BCUT2D eigenvalue weighted by molar-refractivity contribution is 6.33. The standard InChI is InChI=1S/C45H34Cl2F3N5O5/c1-23-19-24(7-18-36(23)56)38-31-16-17-32-37(42(59)54(40(32)57)30-14-12-29(13-15-30)52-28-5-3-2-4-6-28)33(31)21-34-41(58)55(43(60)44(34,38)25-8-10-27(46)11-9-25)53-39-35(47)20-26(22-51-39)45(48,49)50/h2-16,18-20,22,32-34,37-38,52,56H,17,21H2,1H3,(H,51,53)/t32-,33+,34-,37-,38-,44+/m0/s1. The van der Waals surface area contributed by atoms with Crippen LogP contribution in [0.5, 0.6) is 5.75 Å². The van der Waals surface area contributed by atoms with E-state index in [-0.39, 0.29) is 30.3 Å². The molecule has 2 aliphatic carbocycles. The second-order valence-corrected chi connectivity index (χ2v) is 16.4. The number of anilines is 4. The number of benzene rings is 4. The predicted molar refractivity (Wildman–Crippen MR) is 218 cm³/mol. The zero-order valence-corrected chi connectivity index (χ0v) is 33.1. The Bertz CT molecular complexity index is 2630. The number of carbonyl (C=O) groups is 4. The number of carbonyl (C=O) groups excluding carboxylic acids is 4. The summed E-state index contributed by atoms with van der Waals surface area (Å²) < 4.78 is 40.6. The van der Waals surface area contributed by atoms with Crippen molar-refractivity contribution in [3.8, 4) is 5.75 Å². The van der Waals surface area contributed by atoms with Gasteiger partial charge in [-0.2, -0.15) is 18.2 Å². The van der Waals surface area contributed by atoms with Crippen LogP contribution in [-0.2, 0) is 30.8 Å². The van der Waals surface area contributed by atoms with E-state index in [0.29, 0.717) is 45.2 Å². The Kier molecular flexibility index (Phi) is 9.51. The van der Waals surface area contributed by atoms with Crippen LogP contribution in [0, 0.1) is 30.6 Å². The second-order valence-electron chi connectivity index (χ2n) is 15.5. The van der Waals surface area contributed by atoms with Crippen molar-refractivity contribution in [1.82, 2.24) is 9.99 Å². The minimum atomic E-state index is -4.75. The van der Waals surface area contributed by atoms with E-state index in [0.717, 1.165) is 16.4 Å². The molecular weight excluding hydrogens is 818 g/mol. The molecule has 3 N–H and O–H groups in total. The van der Waals surface area contributed by atoms with E-state index < -0.39 is 69.5 Å². The van der Waals surface area contributed by atoms with Crippen LogP contribution in [0.15, 0.2) is 121 Å². The van der Waals surface area contributed by atoms with Crippen LogP contribution in [0.1, 0.15) is 41.0 Å². The number of amides is 4. The van der Waals surface area contributed by atoms with Gasteiger partial charge in [-0.05, 0) is 103 Å². The Morgan fingerprint density at radius 1 is 0.833 bits per heavy atom. The van der Waals surface area contributed by atoms with E-state index >= 15 is 4.79 Å². The third-order valence-corrected chi connectivity index (χ3v) is 12.8. The molecule has 9 rings (SSSR count). The number of aromatic nitrogens is 1. The molecular formula is C45H34Cl2F3N5O5. The summed E-state index contributed by atoms with van der Waals surface area (Å²) in [6, 6.07) is 28.5. The molecule has 4 aromatic carbocycles. The first-order valence-corrected chi connectivity index (χ1v) is 19.9. The molecule has 3 heterocycles. The number of hydrogen-bond donors (Lipinski definition) is 3. The molecule has 0 radical (unpaired) electrons. The average molecular weight is 853 g/mol. The molecule has 1 saturated carbocycles. The van der Waals surface area contributed by atoms with E-state index in [1.165, 1.54) is 11.0 Å². The van der Waals surface area contributed by atoms with Crippen molar-refractivity contribution in [2.24, 2.45) is 23.7 Å². The van der Waals surface area contributed by atoms with Crippen molar-refractivity contribution in [2.45, 2.75) is 37.3 Å². The van der Waals surface area contributed by atoms with Gasteiger partial charge in [0.1, 0.15) is 5.75 Å². The smallest absolute Gasteiger partial charge is 0.417 e. The number of halogens is 5. The number of alkyl halides is 3. The largest absolute Gasteiger partial charge is 0.508 e. The third kappa shape index (κ3) is 6.21. The Morgan fingerprint density at radius 2 is 1.53 bits per heavy atom. The van der Waals surface area contributed by atoms with Crippen LogP contribution in [-0.4, -0.2) is 38.7 Å². The molecule has 304 valence electrons. The number of aryl methyl sites for hydroxylation is 1. The number of phenolic OH excluding ortho intramolecular Hbond substituents is 1. The molecule has 15 heteroatoms. The van der Waals surface area contributed by atoms with E-state index in [2.05, 4.69) is 15.7 Å². The molecule has 5 aromatic rings. The summed E-state index contributed by atoms with van der Waals surface area (Å²) in [5.41, 5.74) is 3.94. The quantitative estimate of drug-likeness (QED) is 0.109. The van der Waals surface area contributed by atoms with Gasteiger partial charge in [-0.1, -0.05) is 77.3 Å². The fourth-order valence-electron chi connectivity index (χ4n) is 9.65. The molecule has 3 fully saturated rings. The van der Waals surface area contributed by atoms with Crippen LogP contribution in [0.2, 0.25) is 10.0 Å². The average Bonchev–Trinajstić information content (AvgIpc) is 3.60. The van der Waals surface area contributed by atoms with Crippen molar-refractivity contribution in [3.05, 3.63) is 153 Å². The van der Waals surface area contributed by atoms with Crippen molar-refractivity contribution < 1.29 is 37.5 Å². The zero-order chi connectivity index (χ0) is 42.2. The molecule has 60 heavy (non-hydrogen) atoms. The van der Waals surface area contributed by atoms with Crippen LogP contribution in [0.3, 0.4) is 0 Å². The number of rotatable bonds is 7. The summed E-state index contributed by atoms with van der Waals surface area (Å²) in [5, 5.41) is 14.6. The number of hydrogen-bond acceptors (Lipinski definition) is 8. The monoisotopic (exact) mass is 851 g/mol. The number of phenols is 1. The van der Waals surface area contributed by atoms with Gasteiger partial charge >= 0.3 is 6.18 Å². The Balaban J connectivity index is 1.15. The highest BCUT2D eigenvalue weighted by Gasteiger charge is 2.70. The molecule has 4 aliphatic rings. The number of hydrazine groups is 1. The summed E-state index contributed by atoms with van der Waals surface area (Å²) in [6.45, 7) is 1.70. The molecule has 0 unspecified atom stereocenters. The first kappa shape index (κ1) is 39.3. The van der Waals surface area contributed by atoms with Crippen molar-refractivity contribution in [2.75, 3.05) is 15.6 Å². The molecule has 1 aromatic heterocycles. The minimum Gasteiger partial charge on any atom is -0.508 e. The Labute approximate surface area is 351 Å². The molecule has 10 nitrogen and oxygen atoms in total. The van der Waals surface area contributed by atoms with Crippen LogP contribution < -0.4 is 15.6 Å². The van der Waals surface area contributed by atoms with Crippen LogP contribution in [0.4, 0.5) is 36.1 Å². The van der Waals surface area contributed by atoms with E-state index in [9.17, 15) is 32.7 Å². The van der Waals surface area contributed by atoms with E-state index in [4.69, 9.17) is 23.2 Å².